The average Bonchev–Trinajstić information content (AvgIpc) is 2.59. The number of carbonyl (C=O) groups is 2. The summed E-state index contributed by atoms with van der Waals surface area (Å²) in [5, 5.41) is 6.34. The zero-order valence-corrected chi connectivity index (χ0v) is 15.4. The van der Waals surface area contributed by atoms with Crippen LogP contribution in [0.2, 0.25) is 5.02 Å². The summed E-state index contributed by atoms with van der Waals surface area (Å²) in [6.07, 6.45) is 0.402. The Kier molecular flexibility index (Phi) is 6.42. The number of amides is 3. The number of nitrogens with one attached hydrogen (secondary N) is 2. The molecular formula is C19H22ClN3O2. The molecule has 0 saturated heterocycles. The van der Waals surface area contributed by atoms with Crippen molar-refractivity contribution >= 4 is 34.9 Å². The number of aryl methyl sites for hydroxylation is 1. The van der Waals surface area contributed by atoms with Gasteiger partial charge in [0.2, 0.25) is 5.91 Å². The standard InChI is InChI=1S/C19H22ClN3O2/c1-4-18(24)21-16-10-5-13(2)17(11-16)22-19(25)23(3)12-14-6-8-15(20)9-7-14/h5-11H,4,12H2,1-3H3,(H,21,24)(H,22,25). The molecule has 6 heteroatoms. The van der Waals surface area contributed by atoms with E-state index in [-0.39, 0.29) is 11.9 Å². The lowest BCUT2D eigenvalue weighted by atomic mass is 10.1. The van der Waals surface area contributed by atoms with Gasteiger partial charge < -0.3 is 15.5 Å². The summed E-state index contributed by atoms with van der Waals surface area (Å²) < 4.78 is 0. The molecule has 0 bridgehead atoms. The van der Waals surface area contributed by atoms with Gasteiger partial charge in [0.25, 0.3) is 0 Å². The van der Waals surface area contributed by atoms with E-state index in [1.54, 1.807) is 37.1 Å². The summed E-state index contributed by atoms with van der Waals surface area (Å²) in [5.74, 6) is -0.0685. The largest absolute Gasteiger partial charge is 0.326 e. The molecule has 0 aliphatic carbocycles. The van der Waals surface area contributed by atoms with Crippen molar-refractivity contribution in [2.75, 3.05) is 17.7 Å². The topological polar surface area (TPSA) is 61.4 Å². The second-order valence-corrected chi connectivity index (χ2v) is 6.28. The van der Waals surface area contributed by atoms with Crippen LogP contribution in [0.25, 0.3) is 0 Å². The van der Waals surface area contributed by atoms with Crippen LogP contribution < -0.4 is 10.6 Å². The smallest absolute Gasteiger partial charge is 0.321 e. The molecule has 0 heterocycles. The molecule has 2 aromatic rings. The van der Waals surface area contributed by atoms with Crippen molar-refractivity contribution in [3.05, 3.63) is 58.6 Å². The molecule has 0 aliphatic rings. The Labute approximate surface area is 153 Å². The number of carbonyl (C=O) groups excluding carboxylic acids is 2. The fraction of sp³-hybridized carbons (Fsp3) is 0.263. The minimum atomic E-state index is -0.225. The molecule has 0 aromatic heterocycles. The molecule has 2 rings (SSSR count). The van der Waals surface area contributed by atoms with Crippen molar-refractivity contribution in [1.82, 2.24) is 4.90 Å². The summed E-state index contributed by atoms with van der Waals surface area (Å²) in [6.45, 7) is 4.16. The third kappa shape index (κ3) is 5.50. The first-order valence-electron chi connectivity index (χ1n) is 8.06. The highest BCUT2D eigenvalue weighted by molar-refractivity contribution is 6.30. The first kappa shape index (κ1) is 18.8. The van der Waals surface area contributed by atoms with Gasteiger partial charge in [-0.3, -0.25) is 4.79 Å². The third-order valence-electron chi connectivity index (χ3n) is 3.76. The van der Waals surface area contributed by atoms with Gasteiger partial charge in [-0.2, -0.15) is 0 Å². The maximum Gasteiger partial charge on any atom is 0.321 e. The molecule has 0 radical (unpaired) electrons. The number of urea groups is 1. The number of anilines is 2. The number of hydrogen-bond donors (Lipinski definition) is 2. The maximum atomic E-state index is 12.4. The van der Waals surface area contributed by atoms with Gasteiger partial charge in [-0.1, -0.05) is 36.7 Å². The van der Waals surface area contributed by atoms with Crippen molar-refractivity contribution in [3.8, 4) is 0 Å². The Morgan fingerprint density at radius 3 is 2.40 bits per heavy atom. The molecule has 0 saturated carbocycles. The fourth-order valence-corrected chi connectivity index (χ4v) is 2.36. The van der Waals surface area contributed by atoms with Crippen molar-refractivity contribution in [2.45, 2.75) is 26.8 Å². The fourth-order valence-electron chi connectivity index (χ4n) is 2.23. The highest BCUT2D eigenvalue weighted by Crippen LogP contribution is 2.21. The van der Waals surface area contributed by atoms with Crippen molar-refractivity contribution in [1.29, 1.82) is 0 Å². The van der Waals surface area contributed by atoms with Gasteiger partial charge in [0.1, 0.15) is 0 Å². The summed E-state index contributed by atoms with van der Waals surface area (Å²) in [6, 6.07) is 12.6. The SMILES string of the molecule is CCC(=O)Nc1ccc(C)c(NC(=O)N(C)Cc2ccc(Cl)cc2)c1. The van der Waals surface area contributed by atoms with Crippen molar-refractivity contribution in [2.24, 2.45) is 0 Å². The Balaban J connectivity index is 2.04. The van der Waals surface area contributed by atoms with E-state index in [1.165, 1.54) is 0 Å². The van der Waals surface area contributed by atoms with E-state index < -0.39 is 0 Å². The van der Waals surface area contributed by atoms with Gasteiger partial charge in [-0.25, -0.2) is 4.79 Å². The molecule has 3 amide bonds. The molecule has 132 valence electrons. The minimum Gasteiger partial charge on any atom is -0.326 e. The highest BCUT2D eigenvalue weighted by Gasteiger charge is 2.12. The van der Waals surface area contributed by atoms with E-state index >= 15 is 0 Å². The number of benzene rings is 2. The predicted octanol–water partition coefficient (Wildman–Crippen LogP) is 4.66. The van der Waals surface area contributed by atoms with Gasteiger partial charge in [-0.05, 0) is 42.3 Å². The van der Waals surface area contributed by atoms with Crippen LogP contribution in [0.5, 0.6) is 0 Å². The van der Waals surface area contributed by atoms with Crippen LogP contribution in [0, 0.1) is 6.92 Å². The Hall–Kier alpha value is -2.53. The van der Waals surface area contributed by atoms with E-state index in [4.69, 9.17) is 11.6 Å². The van der Waals surface area contributed by atoms with Crippen LogP contribution in [0.1, 0.15) is 24.5 Å². The van der Waals surface area contributed by atoms with Gasteiger partial charge in [0, 0.05) is 36.4 Å². The van der Waals surface area contributed by atoms with E-state index in [9.17, 15) is 9.59 Å². The Morgan fingerprint density at radius 2 is 1.76 bits per heavy atom. The molecule has 2 aromatic carbocycles. The number of nitrogens with zero attached hydrogens (tertiary/aromatic N) is 1. The molecule has 25 heavy (non-hydrogen) atoms. The van der Waals surface area contributed by atoms with E-state index in [0.717, 1.165) is 11.1 Å². The minimum absolute atomic E-state index is 0.0685. The number of rotatable bonds is 5. The number of hydrogen-bond acceptors (Lipinski definition) is 2. The first-order valence-corrected chi connectivity index (χ1v) is 8.44. The lowest BCUT2D eigenvalue weighted by Crippen LogP contribution is -2.31. The molecule has 0 spiro atoms. The van der Waals surface area contributed by atoms with Gasteiger partial charge in [0.05, 0.1) is 0 Å². The average molecular weight is 360 g/mol. The van der Waals surface area contributed by atoms with Gasteiger partial charge in [0.15, 0.2) is 0 Å². The van der Waals surface area contributed by atoms with Gasteiger partial charge >= 0.3 is 6.03 Å². The van der Waals surface area contributed by atoms with Crippen LogP contribution in [0.3, 0.4) is 0 Å². The third-order valence-corrected chi connectivity index (χ3v) is 4.02. The summed E-state index contributed by atoms with van der Waals surface area (Å²) >= 11 is 5.87. The highest BCUT2D eigenvalue weighted by atomic mass is 35.5. The molecule has 0 atom stereocenters. The predicted molar refractivity (Wildman–Crippen MR) is 102 cm³/mol. The van der Waals surface area contributed by atoms with Crippen LogP contribution in [0.15, 0.2) is 42.5 Å². The second-order valence-electron chi connectivity index (χ2n) is 5.84. The second kappa shape index (κ2) is 8.53. The molecule has 2 N–H and O–H groups in total. The molecule has 0 unspecified atom stereocenters. The van der Waals surface area contributed by atoms with Gasteiger partial charge in [-0.15, -0.1) is 0 Å². The summed E-state index contributed by atoms with van der Waals surface area (Å²) in [7, 11) is 1.72. The zero-order valence-electron chi connectivity index (χ0n) is 14.6. The number of halogens is 1. The Morgan fingerprint density at radius 1 is 1.08 bits per heavy atom. The summed E-state index contributed by atoms with van der Waals surface area (Å²) in [4.78, 5) is 25.5. The zero-order chi connectivity index (χ0) is 18.4. The van der Waals surface area contributed by atoms with Crippen LogP contribution in [0.4, 0.5) is 16.2 Å². The van der Waals surface area contributed by atoms with Crippen molar-refractivity contribution < 1.29 is 9.59 Å². The van der Waals surface area contributed by atoms with Crippen molar-refractivity contribution in [3.63, 3.8) is 0 Å². The van der Waals surface area contributed by atoms with E-state index in [1.807, 2.05) is 31.2 Å². The summed E-state index contributed by atoms with van der Waals surface area (Å²) in [5.41, 5.74) is 3.24. The lowest BCUT2D eigenvalue weighted by Gasteiger charge is -2.19. The lowest BCUT2D eigenvalue weighted by molar-refractivity contribution is -0.115. The monoisotopic (exact) mass is 359 g/mol. The molecule has 5 nitrogen and oxygen atoms in total. The van der Waals surface area contributed by atoms with E-state index in [2.05, 4.69) is 10.6 Å². The maximum absolute atomic E-state index is 12.4. The van der Waals surface area contributed by atoms with Crippen LogP contribution in [-0.2, 0) is 11.3 Å². The quantitative estimate of drug-likeness (QED) is 0.815. The molecule has 0 aliphatic heterocycles. The van der Waals surface area contributed by atoms with Crippen LogP contribution >= 0.6 is 11.6 Å². The van der Waals surface area contributed by atoms with E-state index in [0.29, 0.717) is 29.4 Å². The molecular weight excluding hydrogens is 338 g/mol. The Bertz CT molecular complexity index is 760. The van der Waals surface area contributed by atoms with Crippen LogP contribution in [-0.4, -0.2) is 23.9 Å². The molecule has 0 fully saturated rings. The normalized spacial score (nSPS) is 10.2. The first-order chi connectivity index (χ1) is 11.9.